The first-order chi connectivity index (χ1) is 6.72. The second-order valence-electron chi connectivity index (χ2n) is 3.18. The summed E-state index contributed by atoms with van der Waals surface area (Å²) >= 11 is 5.10. The minimum absolute atomic E-state index is 0.438. The lowest BCUT2D eigenvalue weighted by Gasteiger charge is -1.97. The molecule has 1 aromatic heterocycles. The van der Waals surface area contributed by atoms with E-state index in [4.69, 9.17) is 17.5 Å². The van der Waals surface area contributed by atoms with Gasteiger partial charge in [-0.25, -0.2) is 0 Å². The highest BCUT2D eigenvalue weighted by atomic mass is 32.1. The van der Waals surface area contributed by atoms with Crippen LogP contribution in [-0.2, 0) is 13.5 Å². The summed E-state index contributed by atoms with van der Waals surface area (Å²) in [6.07, 6.45) is 0.438. The number of hydrogen-bond donors (Lipinski definition) is 1. The van der Waals surface area contributed by atoms with Gasteiger partial charge in [0.1, 0.15) is 0 Å². The molecule has 3 nitrogen and oxygen atoms in total. The van der Waals surface area contributed by atoms with E-state index in [2.05, 4.69) is 11.1 Å². The Balaban J connectivity index is 2.71. The summed E-state index contributed by atoms with van der Waals surface area (Å²) in [6.45, 7) is 0. The first-order valence-electron chi connectivity index (χ1n) is 4.27. The Labute approximate surface area is 86.6 Å². The van der Waals surface area contributed by atoms with Crippen LogP contribution in [0.3, 0.4) is 0 Å². The van der Waals surface area contributed by atoms with Crippen molar-refractivity contribution in [2.24, 2.45) is 7.05 Å². The highest BCUT2D eigenvalue weighted by molar-refractivity contribution is 7.71. The molecule has 2 aromatic rings. The van der Waals surface area contributed by atoms with Crippen LogP contribution in [0.5, 0.6) is 0 Å². The second-order valence-corrected chi connectivity index (χ2v) is 3.56. The van der Waals surface area contributed by atoms with Crippen LogP contribution < -0.4 is 0 Å². The van der Waals surface area contributed by atoms with Gasteiger partial charge in [-0.3, -0.25) is 0 Å². The van der Waals surface area contributed by atoms with Crippen LogP contribution in [0.1, 0.15) is 5.56 Å². The summed E-state index contributed by atoms with van der Waals surface area (Å²) in [6, 6.07) is 8.02. The second kappa shape index (κ2) is 3.28. The Kier molecular flexibility index (Phi) is 2.10. The lowest BCUT2D eigenvalue weighted by atomic mass is 10.1. The molecule has 0 fully saturated rings. The molecular formula is C10H9N3S. The molecule has 14 heavy (non-hydrogen) atoms. The third-order valence-corrected chi connectivity index (χ3v) is 2.63. The fourth-order valence-electron chi connectivity index (χ4n) is 1.47. The molecule has 0 saturated carbocycles. The molecule has 0 amide bonds. The molecule has 0 radical (unpaired) electrons. The molecule has 0 atom stereocenters. The van der Waals surface area contributed by atoms with Gasteiger partial charge in [0, 0.05) is 7.05 Å². The maximum absolute atomic E-state index is 8.58. The fourth-order valence-corrected chi connectivity index (χ4v) is 1.68. The van der Waals surface area contributed by atoms with E-state index in [-0.39, 0.29) is 0 Å². The topological polar surface area (TPSA) is 44.5 Å². The van der Waals surface area contributed by atoms with E-state index < -0.39 is 0 Å². The predicted octanol–water partition coefficient (Wildman–Crippen LogP) is 2.30. The number of aromatic amines is 1. The van der Waals surface area contributed by atoms with E-state index in [0.717, 1.165) is 16.6 Å². The van der Waals surface area contributed by atoms with Crippen molar-refractivity contribution in [1.82, 2.24) is 9.55 Å². The van der Waals surface area contributed by atoms with Gasteiger partial charge in [-0.15, -0.1) is 0 Å². The number of fused-ring (bicyclic) bond motifs is 1. The number of aryl methyl sites for hydroxylation is 1. The average molecular weight is 203 g/mol. The maximum Gasteiger partial charge on any atom is 0.177 e. The van der Waals surface area contributed by atoms with E-state index in [1.807, 2.05) is 29.8 Å². The Hall–Kier alpha value is -1.60. The quantitative estimate of drug-likeness (QED) is 0.723. The number of aromatic nitrogens is 2. The lowest BCUT2D eigenvalue weighted by molar-refractivity contribution is 0.926. The van der Waals surface area contributed by atoms with Gasteiger partial charge >= 0.3 is 0 Å². The SMILES string of the molecule is Cn1c(=S)[nH]c2ccc(CC#N)cc21. The summed E-state index contributed by atoms with van der Waals surface area (Å²) in [7, 11) is 1.91. The third-order valence-electron chi connectivity index (χ3n) is 2.25. The largest absolute Gasteiger partial charge is 0.331 e. The van der Waals surface area contributed by atoms with Gasteiger partial charge in [-0.2, -0.15) is 5.26 Å². The summed E-state index contributed by atoms with van der Waals surface area (Å²) in [5, 5.41) is 8.58. The van der Waals surface area contributed by atoms with E-state index in [1.165, 1.54) is 0 Å². The van der Waals surface area contributed by atoms with Crippen molar-refractivity contribution in [2.45, 2.75) is 6.42 Å². The number of benzene rings is 1. The zero-order valence-electron chi connectivity index (χ0n) is 7.74. The molecule has 0 aliphatic rings. The Morgan fingerprint density at radius 3 is 3.07 bits per heavy atom. The molecular weight excluding hydrogens is 194 g/mol. The molecule has 0 saturated heterocycles. The van der Waals surface area contributed by atoms with Crippen molar-refractivity contribution in [3.05, 3.63) is 28.5 Å². The molecule has 0 unspecified atom stereocenters. The summed E-state index contributed by atoms with van der Waals surface area (Å²) in [4.78, 5) is 3.09. The standard InChI is InChI=1S/C10H9N3S/c1-13-9-6-7(4-5-11)2-3-8(9)12-10(13)14/h2-3,6H,4H2,1H3,(H,12,14). The lowest BCUT2D eigenvalue weighted by Crippen LogP contribution is -1.88. The van der Waals surface area contributed by atoms with E-state index >= 15 is 0 Å². The number of nitriles is 1. The van der Waals surface area contributed by atoms with E-state index in [1.54, 1.807) is 0 Å². The zero-order valence-corrected chi connectivity index (χ0v) is 8.56. The summed E-state index contributed by atoms with van der Waals surface area (Å²) in [5.41, 5.74) is 3.08. The number of imidazole rings is 1. The van der Waals surface area contributed by atoms with Crippen LogP contribution in [0.4, 0.5) is 0 Å². The first-order valence-corrected chi connectivity index (χ1v) is 4.68. The molecule has 0 spiro atoms. The smallest absolute Gasteiger partial charge is 0.177 e. The number of rotatable bonds is 1. The predicted molar refractivity (Wildman–Crippen MR) is 57.4 cm³/mol. The maximum atomic E-state index is 8.58. The highest BCUT2D eigenvalue weighted by Gasteiger charge is 2.01. The van der Waals surface area contributed by atoms with Crippen LogP contribution in [0.25, 0.3) is 11.0 Å². The van der Waals surface area contributed by atoms with Gasteiger partial charge in [0.05, 0.1) is 23.5 Å². The number of nitrogens with one attached hydrogen (secondary N) is 1. The molecule has 0 bridgehead atoms. The molecule has 4 heteroatoms. The third kappa shape index (κ3) is 1.32. The molecule has 2 rings (SSSR count). The molecule has 70 valence electrons. The number of nitrogens with zero attached hydrogens (tertiary/aromatic N) is 2. The van der Waals surface area contributed by atoms with Crippen molar-refractivity contribution in [3.63, 3.8) is 0 Å². The highest BCUT2D eigenvalue weighted by Crippen LogP contribution is 2.15. The van der Waals surface area contributed by atoms with Crippen molar-refractivity contribution in [1.29, 1.82) is 5.26 Å². The van der Waals surface area contributed by atoms with Gasteiger partial charge in [-0.05, 0) is 29.9 Å². The Morgan fingerprint density at radius 2 is 2.36 bits per heavy atom. The fraction of sp³-hybridized carbons (Fsp3) is 0.200. The van der Waals surface area contributed by atoms with Crippen LogP contribution in [0, 0.1) is 16.1 Å². The van der Waals surface area contributed by atoms with Gasteiger partial charge in [0.2, 0.25) is 0 Å². The van der Waals surface area contributed by atoms with Crippen molar-refractivity contribution < 1.29 is 0 Å². The summed E-state index contributed by atoms with van der Waals surface area (Å²) < 4.78 is 2.61. The minimum Gasteiger partial charge on any atom is -0.331 e. The van der Waals surface area contributed by atoms with Crippen LogP contribution in [0.2, 0.25) is 0 Å². The van der Waals surface area contributed by atoms with Gasteiger partial charge in [-0.1, -0.05) is 6.07 Å². The summed E-state index contributed by atoms with van der Waals surface area (Å²) in [5.74, 6) is 0. The first kappa shape index (κ1) is 8.97. The van der Waals surface area contributed by atoms with Gasteiger partial charge in [0.15, 0.2) is 4.77 Å². The molecule has 1 N–H and O–H groups in total. The Morgan fingerprint density at radius 1 is 1.57 bits per heavy atom. The normalized spacial score (nSPS) is 10.3. The van der Waals surface area contributed by atoms with E-state index in [9.17, 15) is 0 Å². The van der Waals surface area contributed by atoms with Crippen LogP contribution in [-0.4, -0.2) is 9.55 Å². The number of hydrogen-bond acceptors (Lipinski definition) is 2. The monoisotopic (exact) mass is 203 g/mol. The molecule has 0 aliphatic heterocycles. The molecule has 1 heterocycles. The van der Waals surface area contributed by atoms with Crippen molar-refractivity contribution in [3.8, 4) is 6.07 Å². The Bertz CT molecular complexity index is 571. The minimum atomic E-state index is 0.438. The average Bonchev–Trinajstić information content (AvgIpc) is 2.45. The van der Waals surface area contributed by atoms with E-state index in [0.29, 0.717) is 11.2 Å². The van der Waals surface area contributed by atoms with Gasteiger partial charge < -0.3 is 9.55 Å². The van der Waals surface area contributed by atoms with Crippen molar-refractivity contribution in [2.75, 3.05) is 0 Å². The number of H-pyrrole nitrogens is 1. The zero-order chi connectivity index (χ0) is 10.1. The van der Waals surface area contributed by atoms with Crippen LogP contribution >= 0.6 is 12.2 Å². The van der Waals surface area contributed by atoms with Crippen molar-refractivity contribution >= 4 is 23.3 Å². The molecule has 1 aromatic carbocycles. The van der Waals surface area contributed by atoms with Crippen LogP contribution in [0.15, 0.2) is 18.2 Å². The van der Waals surface area contributed by atoms with Gasteiger partial charge in [0.25, 0.3) is 0 Å². The molecule has 0 aliphatic carbocycles.